The summed E-state index contributed by atoms with van der Waals surface area (Å²) in [6.45, 7) is 7.71. The van der Waals surface area contributed by atoms with Crippen LogP contribution in [0.15, 0.2) is 29.2 Å². The van der Waals surface area contributed by atoms with Crippen molar-refractivity contribution in [3.63, 3.8) is 0 Å². The number of aromatic hydroxyl groups is 1. The molecular weight excluding hydrogens is 492 g/mol. The largest absolute Gasteiger partial charge is 0.507 e. The van der Waals surface area contributed by atoms with Crippen molar-refractivity contribution < 1.29 is 34.1 Å². The molecule has 0 spiro atoms. The molecule has 0 fully saturated rings. The van der Waals surface area contributed by atoms with Gasteiger partial charge >= 0.3 is 5.97 Å². The fraction of sp³-hybridized carbons (Fsp3) is 0.483. The highest BCUT2D eigenvalue weighted by Crippen LogP contribution is 2.36. The monoisotopic (exact) mass is 530 g/mol. The third kappa shape index (κ3) is 8.81. The lowest BCUT2D eigenvalue weighted by Gasteiger charge is -2.18. The Bertz CT molecular complexity index is 1090. The summed E-state index contributed by atoms with van der Waals surface area (Å²) < 4.78 is 11.9. The highest BCUT2D eigenvalue weighted by atomic mass is 32.2. The van der Waals surface area contributed by atoms with Crippen LogP contribution in [0.3, 0.4) is 0 Å². The van der Waals surface area contributed by atoms with Gasteiger partial charge in [0.05, 0.1) is 24.3 Å². The average Bonchev–Trinajstić information content (AvgIpc) is 2.84. The molecular formula is C29H38O7S. The fourth-order valence-electron chi connectivity index (χ4n) is 4.02. The van der Waals surface area contributed by atoms with E-state index in [1.54, 1.807) is 30.0 Å². The lowest BCUT2D eigenvalue weighted by atomic mass is 10.0. The number of rotatable bonds is 17. The van der Waals surface area contributed by atoms with Gasteiger partial charge < -0.3 is 19.7 Å². The van der Waals surface area contributed by atoms with Gasteiger partial charge in [0.25, 0.3) is 0 Å². The maximum atomic E-state index is 12.2. The van der Waals surface area contributed by atoms with Gasteiger partial charge in [0.2, 0.25) is 0 Å². The molecule has 0 radical (unpaired) electrons. The first-order valence-corrected chi connectivity index (χ1v) is 13.8. The van der Waals surface area contributed by atoms with Crippen LogP contribution in [0.4, 0.5) is 0 Å². The molecule has 0 saturated heterocycles. The van der Waals surface area contributed by atoms with Crippen LogP contribution in [0.1, 0.15) is 91.6 Å². The molecule has 0 bridgehead atoms. The summed E-state index contributed by atoms with van der Waals surface area (Å²) in [6, 6.07) is 7.09. The molecule has 0 aliphatic carbocycles. The first-order chi connectivity index (χ1) is 17.7. The van der Waals surface area contributed by atoms with E-state index in [4.69, 9.17) is 14.6 Å². The van der Waals surface area contributed by atoms with E-state index in [-0.39, 0.29) is 30.3 Å². The zero-order chi connectivity index (χ0) is 27.4. The van der Waals surface area contributed by atoms with Gasteiger partial charge in [0, 0.05) is 28.2 Å². The van der Waals surface area contributed by atoms with Gasteiger partial charge in [0.1, 0.15) is 17.2 Å². The van der Waals surface area contributed by atoms with Crippen molar-refractivity contribution >= 4 is 29.3 Å². The number of benzene rings is 2. The van der Waals surface area contributed by atoms with Crippen molar-refractivity contribution in [3.8, 4) is 17.2 Å². The molecule has 2 aromatic rings. The number of carboxylic acid groups (broad SMARTS) is 1. The predicted octanol–water partition coefficient (Wildman–Crippen LogP) is 6.51. The van der Waals surface area contributed by atoms with E-state index in [1.807, 2.05) is 13.0 Å². The van der Waals surface area contributed by atoms with Gasteiger partial charge in [-0.25, -0.2) is 0 Å². The van der Waals surface area contributed by atoms with E-state index < -0.39 is 5.97 Å². The number of ketones is 2. The summed E-state index contributed by atoms with van der Waals surface area (Å²) in [6.07, 6.45) is 4.20. The van der Waals surface area contributed by atoms with Gasteiger partial charge in [-0.1, -0.05) is 26.7 Å². The molecule has 0 saturated carbocycles. The molecule has 7 nitrogen and oxygen atoms in total. The van der Waals surface area contributed by atoms with Gasteiger partial charge in [-0.2, -0.15) is 0 Å². The Kier molecular flexibility index (Phi) is 12.5. The predicted molar refractivity (Wildman–Crippen MR) is 146 cm³/mol. The maximum absolute atomic E-state index is 12.2. The maximum Gasteiger partial charge on any atom is 0.303 e. The number of Topliss-reactive ketones (excluding diaryl/α,β-unsaturated/α-hetero) is 2. The Morgan fingerprint density at radius 3 is 2.08 bits per heavy atom. The summed E-state index contributed by atoms with van der Waals surface area (Å²) in [5.41, 5.74) is 2.47. The molecule has 0 aliphatic rings. The minimum absolute atomic E-state index is 0.00637. The van der Waals surface area contributed by atoms with E-state index in [2.05, 4.69) is 6.92 Å². The van der Waals surface area contributed by atoms with Crippen LogP contribution in [0, 0.1) is 0 Å². The fourth-order valence-corrected chi connectivity index (χ4v) is 5.04. The highest BCUT2D eigenvalue weighted by Gasteiger charge is 2.18. The van der Waals surface area contributed by atoms with Gasteiger partial charge in [-0.15, -0.1) is 11.8 Å². The Hall–Kier alpha value is -3.00. The summed E-state index contributed by atoms with van der Waals surface area (Å²) in [4.78, 5) is 35.9. The number of phenols is 1. The Morgan fingerprint density at radius 1 is 0.838 bits per heavy atom. The van der Waals surface area contributed by atoms with Crippen LogP contribution in [-0.2, 0) is 17.6 Å². The van der Waals surface area contributed by atoms with Crippen LogP contribution in [0.2, 0.25) is 0 Å². The number of carbonyl (C=O) groups excluding carboxylic acids is 2. The van der Waals surface area contributed by atoms with E-state index in [9.17, 15) is 19.5 Å². The topological polar surface area (TPSA) is 110 Å². The highest BCUT2D eigenvalue weighted by molar-refractivity contribution is 7.99. The van der Waals surface area contributed by atoms with Crippen LogP contribution in [-0.4, -0.2) is 46.7 Å². The molecule has 8 heteroatoms. The Balaban J connectivity index is 2.08. The van der Waals surface area contributed by atoms with E-state index in [0.29, 0.717) is 47.6 Å². The number of hydrogen-bond acceptors (Lipinski definition) is 7. The number of hydrogen-bond donors (Lipinski definition) is 2. The molecule has 0 atom stereocenters. The van der Waals surface area contributed by atoms with Crippen LogP contribution < -0.4 is 9.47 Å². The molecule has 0 heterocycles. The van der Waals surface area contributed by atoms with Crippen molar-refractivity contribution in [3.05, 3.63) is 46.5 Å². The van der Waals surface area contributed by atoms with Crippen molar-refractivity contribution in [2.75, 3.05) is 19.0 Å². The van der Waals surface area contributed by atoms with Gasteiger partial charge in [-0.3, -0.25) is 14.4 Å². The summed E-state index contributed by atoms with van der Waals surface area (Å²) in [5.74, 6) is 0.804. The number of carbonyl (C=O) groups is 3. The zero-order valence-corrected chi connectivity index (χ0v) is 23.0. The lowest BCUT2D eigenvalue weighted by Crippen LogP contribution is -2.09. The minimum atomic E-state index is -0.873. The van der Waals surface area contributed by atoms with E-state index in [0.717, 1.165) is 41.9 Å². The van der Waals surface area contributed by atoms with Crippen LogP contribution >= 0.6 is 11.8 Å². The third-order valence-corrected chi connectivity index (χ3v) is 6.99. The zero-order valence-electron chi connectivity index (χ0n) is 22.2. The normalized spacial score (nSPS) is 10.8. The molecule has 0 aliphatic heterocycles. The van der Waals surface area contributed by atoms with Crippen molar-refractivity contribution in [1.29, 1.82) is 0 Å². The molecule has 0 aromatic heterocycles. The minimum Gasteiger partial charge on any atom is -0.507 e. The second kappa shape index (κ2) is 15.3. The smallest absolute Gasteiger partial charge is 0.303 e. The van der Waals surface area contributed by atoms with Gasteiger partial charge in [0.15, 0.2) is 11.6 Å². The van der Waals surface area contributed by atoms with Crippen molar-refractivity contribution in [2.45, 2.75) is 77.5 Å². The Labute approximate surface area is 223 Å². The first-order valence-electron chi connectivity index (χ1n) is 12.8. The molecule has 2 N–H and O–H groups in total. The third-order valence-electron chi connectivity index (χ3n) is 5.80. The SMILES string of the molecule is CCCc1c(OCCCSc2ccc(C(C)=O)c(OCCCC(=O)O)c2CCC)ccc(C(C)=O)c1O. The Morgan fingerprint density at radius 2 is 1.46 bits per heavy atom. The van der Waals surface area contributed by atoms with Crippen molar-refractivity contribution in [2.24, 2.45) is 0 Å². The molecule has 2 aromatic carbocycles. The molecule has 0 amide bonds. The lowest BCUT2D eigenvalue weighted by molar-refractivity contribution is -0.137. The second-order valence-electron chi connectivity index (χ2n) is 8.87. The van der Waals surface area contributed by atoms with Gasteiger partial charge in [-0.05, 0) is 63.8 Å². The van der Waals surface area contributed by atoms with E-state index >= 15 is 0 Å². The second-order valence-corrected chi connectivity index (χ2v) is 10.0. The summed E-state index contributed by atoms with van der Waals surface area (Å²) in [5, 5.41) is 19.4. The summed E-state index contributed by atoms with van der Waals surface area (Å²) in [7, 11) is 0. The van der Waals surface area contributed by atoms with E-state index in [1.165, 1.54) is 13.8 Å². The molecule has 2 rings (SSSR count). The molecule has 202 valence electrons. The molecule has 37 heavy (non-hydrogen) atoms. The standard InChI is InChI=1S/C29H38O7S/c1-5-9-23-25(14-12-21(19(3)30)28(23)34)35-17-8-18-37-26-15-13-22(20(4)31)29(24(26)10-6-2)36-16-7-11-27(32)33/h12-15,34H,5-11,16-18H2,1-4H3,(H,32,33). The van der Waals surface area contributed by atoms with Crippen LogP contribution in [0.5, 0.6) is 17.2 Å². The number of aliphatic carboxylic acids is 1. The number of phenolic OH excluding ortho intramolecular Hbond substituents is 1. The van der Waals surface area contributed by atoms with Crippen LogP contribution in [0.25, 0.3) is 0 Å². The van der Waals surface area contributed by atoms with Crippen molar-refractivity contribution in [1.82, 2.24) is 0 Å². The average molecular weight is 531 g/mol. The first kappa shape index (κ1) is 30.2. The number of carboxylic acids is 1. The number of thioether (sulfide) groups is 1. The quantitative estimate of drug-likeness (QED) is 0.135. The summed E-state index contributed by atoms with van der Waals surface area (Å²) >= 11 is 1.67. The molecule has 0 unspecified atom stereocenters. The number of ether oxygens (including phenoxy) is 2.